The van der Waals surface area contributed by atoms with Crippen molar-refractivity contribution in [1.29, 1.82) is 5.26 Å². The van der Waals surface area contributed by atoms with E-state index < -0.39 is 0 Å². The van der Waals surface area contributed by atoms with Gasteiger partial charge in [0.2, 0.25) is 0 Å². The number of aromatic nitrogens is 3. The number of aryl methyl sites for hydroxylation is 5. The minimum absolute atomic E-state index is 0. The maximum Gasteiger partial charge on any atom is 3.00 e. The van der Waals surface area contributed by atoms with Crippen molar-refractivity contribution in [2.45, 2.75) is 65.2 Å². The van der Waals surface area contributed by atoms with Crippen molar-refractivity contribution >= 4 is 0 Å². The average molecular weight is 1040 g/mol. The molecule has 3 heterocycles. The molecule has 6 aromatic carbocycles. The summed E-state index contributed by atoms with van der Waals surface area (Å²) in [6, 6.07) is 68.5. The number of pyridine rings is 3. The van der Waals surface area contributed by atoms with Gasteiger partial charge in [0.05, 0.1) is 11.6 Å². The van der Waals surface area contributed by atoms with Crippen LogP contribution in [0.15, 0.2) is 176 Å². The van der Waals surface area contributed by atoms with Gasteiger partial charge in [-0.15, -0.1) is 94.5 Å². The number of hydrogen-bond donors (Lipinski definition) is 0. The molecule has 0 saturated heterocycles. The monoisotopic (exact) mass is 1040 g/mol. The fourth-order valence-corrected chi connectivity index (χ4v) is 8.60. The number of rotatable bonds is 13. The molecule has 0 unspecified atom stereocenters. The SMILES string of the molecule is CCc1cc(C#N)cc(-c2cc(-c3cc(C(C)(C)C)ccn3)[c-]cc2-c2ccccc2-c2cc(CCc3c[c-]c(-c4ccccn4)cc3)cc(CCc3c[c-]c(-c4ccccn4)cc3)c2)c1.[Ir+3]. The van der Waals surface area contributed by atoms with Gasteiger partial charge in [-0.3, -0.25) is 0 Å². The van der Waals surface area contributed by atoms with Crippen LogP contribution in [0.2, 0.25) is 0 Å². The summed E-state index contributed by atoms with van der Waals surface area (Å²) in [6.07, 6.45) is 9.88. The molecule has 0 fully saturated rings. The van der Waals surface area contributed by atoms with Crippen molar-refractivity contribution in [3.8, 4) is 73.2 Å². The average Bonchev–Trinajstić information content (AvgIpc) is 3.37. The zero-order chi connectivity index (χ0) is 45.5. The summed E-state index contributed by atoms with van der Waals surface area (Å²) in [4.78, 5) is 13.9. The van der Waals surface area contributed by atoms with Gasteiger partial charge in [-0.25, -0.2) is 0 Å². The molecule has 0 atom stereocenters. The molecule has 0 bridgehead atoms. The van der Waals surface area contributed by atoms with Crippen LogP contribution in [-0.2, 0) is 57.6 Å². The smallest absolute Gasteiger partial charge is 0.305 e. The molecule has 0 aliphatic heterocycles. The van der Waals surface area contributed by atoms with E-state index in [1.807, 2.05) is 67.1 Å². The van der Waals surface area contributed by atoms with Gasteiger partial charge in [0.1, 0.15) is 0 Å². The molecule has 67 heavy (non-hydrogen) atoms. The summed E-state index contributed by atoms with van der Waals surface area (Å²) in [7, 11) is 0. The van der Waals surface area contributed by atoms with E-state index in [0.717, 1.165) is 99.3 Å². The Kier molecular flexibility index (Phi) is 14.6. The third kappa shape index (κ3) is 11.1. The molecule has 0 amide bonds. The molecule has 5 heteroatoms. The second-order valence-corrected chi connectivity index (χ2v) is 18.0. The quantitative estimate of drug-likeness (QED) is 0.108. The first-order valence-corrected chi connectivity index (χ1v) is 22.8. The van der Waals surface area contributed by atoms with Crippen molar-refractivity contribution in [3.63, 3.8) is 0 Å². The second kappa shape index (κ2) is 21.0. The van der Waals surface area contributed by atoms with Crippen LogP contribution in [0.4, 0.5) is 0 Å². The van der Waals surface area contributed by atoms with Gasteiger partial charge < -0.3 is 15.0 Å². The minimum Gasteiger partial charge on any atom is -0.305 e. The summed E-state index contributed by atoms with van der Waals surface area (Å²) < 4.78 is 0. The third-order valence-electron chi connectivity index (χ3n) is 12.3. The van der Waals surface area contributed by atoms with Crippen molar-refractivity contribution in [1.82, 2.24) is 15.0 Å². The summed E-state index contributed by atoms with van der Waals surface area (Å²) in [6.45, 7) is 8.81. The van der Waals surface area contributed by atoms with E-state index in [-0.39, 0.29) is 25.5 Å². The van der Waals surface area contributed by atoms with Crippen LogP contribution in [-0.4, -0.2) is 15.0 Å². The van der Waals surface area contributed by atoms with Gasteiger partial charge >= 0.3 is 20.1 Å². The molecule has 0 spiro atoms. The first-order valence-electron chi connectivity index (χ1n) is 22.8. The molecule has 0 saturated carbocycles. The molecule has 0 radical (unpaired) electrons. The largest absolute Gasteiger partial charge is 3.00 e. The molecule has 0 N–H and O–H groups in total. The molecular formula is C62H51IrN4. The Labute approximate surface area is 409 Å². The number of nitriles is 1. The van der Waals surface area contributed by atoms with E-state index in [1.54, 1.807) is 0 Å². The topological polar surface area (TPSA) is 62.5 Å². The van der Waals surface area contributed by atoms with E-state index in [4.69, 9.17) is 4.98 Å². The van der Waals surface area contributed by atoms with Gasteiger partial charge in [-0.1, -0.05) is 136 Å². The number of nitrogens with zero attached hydrogens (tertiary/aromatic N) is 4. The van der Waals surface area contributed by atoms with Crippen molar-refractivity contribution in [2.75, 3.05) is 0 Å². The van der Waals surface area contributed by atoms with Gasteiger partial charge in [0, 0.05) is 18.6 Å². The van der Waals surface area contributed by atoms with E-state index >= 15 is 0 Å². The zero-order valence-electron chi connectivity index (χ0n) is 38.4. The Morgan fingerprint density at radius 1 is 0.463 bits per heavy atom. The minimum atomic E-state index is -0.0315. The van der Waals surface area contributed by atoms with E-state index in [9.17, 15) is 5.26 Å². The molecule has 4 nitrogen and oxygen atoms in total. The Morgan fingerprint density at radius 2 is 1.01 bits per heavy atom. The predicted octanol–water partition coefficient (Wildman–Crippen LogP) is 14.6. The summed E-state index contributed by atoms with van der Waals surface area (Å²) in [5.74, 6) is 0. The molecule has 0 aliphatic rings. The number of benzene rings is 6. The van der Waals surface area contributed by atoms with Crippen molar-refractivity contribution < 1.29 is 20.1 Å². The summed E-state index contributed by atoms with van der Waals surface area (Å²) in [5.41, 5.74) is 20.1. The summed E-state index contributed by atoms with van der Waals surface area (Å²) >= 11 is 0. The zero-order valence-corrected chi connectivity index (χ0v) is 40.8. The Hall–Kier alpha value is -7.09. The van der Waals surface area contributed by atoms with E-state index in [1.165, 1.54) is 33.4 Å². The Balaban J connectivity index is 0.00000608. The van der Waals surface area contributed by atoms with E-state index in [2.05, 4.69) is 171 Å². The Bertz CT molecular complexity index is 3040. The normalized spacial score (nSPS) is 11.1. The predicted molar refractivity (Wildman–Crippen MR) is 269 cm³/mol. The number of hydrogen-bond acceptors (Lipinski definition) is 4. The van der Waals surface area contributed by atoms with Crippen LogP contribution in [0.3, 0.4) is 0 Å². The third-order valence-corrected chi connectivity index (χ3v) is 12.3. The van der Waals surface area contributed by atoms with Gasteiger partial charge in [0.25, 0.3) is 0 Å². The summed E-state index contributed by atoms with van der Waals surface area (Å²) in [5, 5.41) is 10.2. The van der Waals surface area contributed by atoms with Crippen LogP contribution in [0.1, 0.15) is 66.6 Å². The molecule has 328 valence electrons. The molecular weight excluding hydrogens is 993 g/mol. The van der Waals surface area contributed by atoms with E-state index in [0.29, 0.717) is 5.56 Å². The van der Waals surface area contributed by atoms with Crippen LogP contribution in [0.5, 0.6) is 0 Å². The molecule has 9 aromatic rings. The van der Waals surface area contributed by atoms with Gasteiger partial charge in [0.15, 0.2) is 0 Å². The Morgan fingerprint density at radius 3 is 1.57 bits per heavy atom. The molecule has 3 aromatic heterocycles. The molecule has 0 aliphatic carbocycles. The van der Waals surface area contributed by atoms with Gasteiger partial charge in [-0.05, 0) is 111 Å². The van der Waals surface area contributed by atoms with Crippen molar-refractivity contribution in [3.05, 3.63) is 233 Å². The maximum atomic E-state index is 10.2. The maximum absolute atomic E-state index is 10.2. The van der Waals surface area contributed by atoms with Crippen LogP contribution >= 0.6 is 0 Å². The van der Waals surface area contributed by atoms with Crippen LogP contribution in [0, 0.1) is 29.5 Å². The van der Waals surface area contributed by atoms with Crippen molar-refractivity contribution in [2.24, 2.45) is 0 Å². The van der Waals surface area contributed by atoms with Crippen LogP contribution < -0.4 is 0 Å². The first kappa shape index (κ1) is 46.4. The van der Waals surface area contributed by atoms with Crippen LogP contribution in [0.25, 0.3) is 67.2 Å². The standard InChI is InChI=1S/C62H51N4.Ir/c1-5-43-34-48(42-63)39-53(36-43)58-40-51(61-41-54(30-33-66-61)62(2,3)4)28-29-57(58)56-13-7-6-12-55(56)52-37-46(18-16-44-20-24-49(25-21-44)59-14-8-10-31-64-59)35-47(38-52)19-17-45-22-26-50(27-23-45)60-15-9-11-32-65-60;/h6-15,20-24,26,29-41H,5,16-19H2,1-4H3;/q-3;+3. The molecule has 9 rings (SSSR count). The fourth-order valence-electron chi connectivity index (χ4n) is 8.60. The second-order valence-electron chi connectivity index (χ2n) is 18.0. The fraction of sp³-hybridized carbons (Fsp3) is 0.161. The van der Waals surface area contributed by atoms with Gasteiger partial charge in [-0.2, -0.15) is 5.26 Å². The first-order chi connectivity index (χ1) is 32.2.